The van der Waals surface area contributed by atoms with Crippen molar-refractivity contribution in [1.29, 1.82) is 0 Å². The maximum Gasteiger partial charge on any atom is 0.253 e. The highest BCUT2D eigenvalue weighted by molar-refractivity contribution is 6.06. The van der Waals surface area contributed by atoms with Crippen molar-refractivity contribution in [3.8, 4) is 0 Å². The molecule has 0 radical (unpaired) electrons. The summed E-state index contributed by atoms with van der Waals surface area (Å²) in [6, 6.07) is 3.72. The largest absolute Gasteiger partial charge is 0.383 e. The van der Waals surface area contributed by atoms with Crippen molar-refractivity contribution < 1.29 is 9.53 Å². The van der Waals surface area contributed by atoms with Gasteiger partial charge in [-0.25, -0.2) is 4.98 Å². The summed E-state index contributed by atoms with van der Waals surface area (Å²) in [6.45, 7) is 1.01. The maximum absolute atomic E-state index is 11.9. The molecule has 0 aliphatic heterocycles. The summed E-state index contributed by atoms with van der Waals surface area (Å²) in [5.74, 6) is -0.0966. The van der Waals surface area contributed by atoms with Gasteiger partial charge in [0.15, 0.2) is 0 Å². The van der Waals surface area contributed by atoms with Crippen LogP contribution < -0.4 is 5.32 Å². The normalized spacial score (nSPS) is 10.7. The summed E-state index contributed by atoms with van der Waals surface area (Å²) in [5, 5.41) is 3.67. The number of aromatic nitrogens is 2. The molecular weight excluding hydrogens is 218 g/mol. The molecule has 0 atom stereocenters. The molecule has 2 rings (SSSR count). The van der Waals surface area contributed by atoms with Crippen LogP contribution in [0.5, 0.6) is 0 Å². The molecule has 0 aliphatic carbocycles. The fourth-order valence-corrected chi connectivity index (χ4v) is 1.76. The molecule has 17 heavy (non-hydrogen) atoms. The highest BCUT2D eigenvalue weighted by Gasteiger charge is 2.13. The van der Waals surface area contributed by atoms with Crippen molar-refractivity contribution in [1.82, 2.24) is 14.9 Å². The second-order valence-electron chi connectivity index (χ2n) is 3.78. The standard InChI is InChI=1S/C12H15N3O2/c1-15-8-10(12(16)14-6-7-17-2)9-4-3-5-13-11(9)15/h3-5,8H,6-7H2,1-2H3,(H,14,16). The fourth-order valence-electron chi connectivity index (χ4n) is 1.76. The number of rotatable bonds is 4. The SMILES string of the molecule is COCCNC(=O)c1cn(C)c2ncccc12. The first kappa shape index (κ1) is 11.6. The first-order valence-corrected chi connectivity index (χ1v) is 5.41. The number of hydrogen-bond donors (Lipinski definition) is 1. The molecule has 0 aromatic carbocycles. The molecule has 2 aromatic rings. The number of aryl methyl sites for hydroxylation is 1. The lowest BCUT2D eigenvalue weighted by atomic mass is 10.2. The molecule has 0 spiro atoms. The molecule has 0 fully saturated rings. The van der Waals surface area contributed by atoms with Gasteiger partial charge in [-0.3, -0.25) is 4.79 Å². The zero-order valence-electron chi connectivity index (χ0n) is 9.93. The van der Waals surface area contributed by atoms with Crippen LogP contribution in [0.2, 0.25) is 0 Å². The van der Waals surface area contributed by atoms with Gasteiger partial charge >= 0.3 is 0 Å². The van der Waals surface area contributed by atoms with Gasteiger partial charge in [0.05, 0.1) is 12.2 Å². The molecule has 5 heteroatoms. The number of hydrogen-bond acceptors (Lipinski definition) is 3. The van der Waals surface area contributed by atoms with E-state index >= 15 is 0 Å². The van der Waals surface area contributed by atoms with E-state index in [0.29, 0.717) is 18.7 Å². The molecule has 0 saturated heterocycles. The predicted molar refractivity (Wildman–Crippen MR) is 64.9 cm³/mol. The summed E-state index contributed by atoms with van der Waals surface area (Å²) in [4.78, 5) is 16.2. The van der Waals surface area contributed by atoms with E-state index in [1.165, 1.54) is 0 Å². The van der Waals surface area contributed by atoms with Gasteiger partial charge in [-0.05, 0) is 12.1 Å². The smallest absolute Gasteiger partial charge is 0.253 e. The number of amides is 1. The van der Waals surface area contributed by atoms with E-state index in [-0.39, 0.29) is 5.91 Å². The highest BCUT2D eigenvalue weighted by Crippen LogP contribution is 2.17. The summed E-state index contributed by atoms with van der Waals surface area (Å²) in [6.07, 6.45) is 3.51. The lowest BCUT2D eigenvalue weighted by molar-refractivity contribution is 0.0938. The molecule has 0 unspecified atom stereocenters. The Morgan fingerprint density at radius 3 is 3.18 bits per heavy atom. The fraction of sp³-hybridized carbons (Fsp3) is 0.333. The monoisotopic (exact) mass is 233 g/mol. The summed E-state index contributed by atoms with van der Waals surface area (Å²) in [7, 11) is 3.48. The quantitative estimate of drug-likeness (QED) is 0.800. The number of ether oxygens (including phenoxy) is 1. The van der Waals surface area contributed by atoms with Crippen molar-refractivity contribution in [3.63, 3.8) is 0 Å². The topological polar surface area (TPSA) is 56.1 Å². The first-order valence-electron chi connectivity index (χ1n) is 5.41. The minimum atomic E-state index is -0.0966. The van der Waals surface area contributed by atoms with Crippen molar-refractivity contribution in [2.45, 2.75) is 0 Å². The summed E-state index contributed by atoms with van der Waals surface area (Å²) < 4.78 is 6.74. The number of nitrogens with one attached hydrogen (secondary N) is 1. The molecule has 1 amide bonds. The zero-order chi connectivity index (χ0) is 12.3. The Labute approximate surface area is 99.4 Å². The number of carbonyl (C=O) groups excluding carboxylic acids is 1. The first-order chi connectivity index (χ1) is 8.24. The Kier molecular flexibility index (Phi) is 3.39. The third-order valence-electron chi connectivity index (χ3n) is 2.57. The molecule has 90 valence electrons. The third kappa shape index (κ3) is 2.29. The zero-order valence-corrected chi connectivity index (χ0v) is 9.93. The van der Waals surface area contributed by atoms with Gasteiger partial charge in [0.25, 0.3) is 5.91 Å². The van der Waals surface area contributed by atoms with E-state index in [1.54, 1.807) is 19.5 Å². The van der Waals surface area contributed by atoms with E-state index in [0.717, 1.165) is 11.0 Å². The van der Waals surface area contributed by atoms with Crippen LogP contribution in [0.4, 0.5) is 0 Å². The van der Waals surface area contributed by atoms with E-state index in [4.69, 9.17) is 4.74 Å². The van der Waals surface area contributed by atoms with Crippen LogP contribution in [-0.4, -0.2) is 35.7 Å². The van der Waals surface area contributed by atoms with E-state index in [9.17, 15) is 4.79 Å². The maximum atomic E-state index is 11.9. The highest BCUT2D eigenvalue weighted by atomic mass is 16.5. The predicted octanol–water partition coefficient (Wildman–Crippen LogP) is 0.949. The van der Waals surface area contributed by atoms with E-state index in [1.807, 2.05) is 23.7 Å². The Morgan fingerprint density at radius 1 is 1.59 bits per heavy atom. The summed E-state index contributed by atoms with van der Waals surface area (Å²) >= 11 is 0. The molecule has 0 saturated carbocycles. The molecular formula is C12H15N3O2. The Hall–Kier alpha value is -1.88. The van der Waals surface area contributed by atoms with Crippen LogP contribution in [0.3, 0.4) is 0 Å². The van der Waals surface area contributed by atoms with E-state index in [2.05, 4.69) is 10.3 Å². The molecule has 0 bridgehead atoms. The van der Waals surface area contributed by atoms with Crippen molar-refractivity contribution in [2.24, 2.45) is 7.05 Å². The number of fused-ring (bicyclic) bond motifs is 1. The minimum absolute atomic E-state index is 0.0966. The van der Waals surface area contributed by atoms with Gasteiger partial charge in [-0.2, -0.15) is 0 Å². The molecule has 2 heterocycles. The second kappa shape index (κ2) is 4.97. The van der Waals surface area contributed by atoms with Gasteiger partial charge in [0.1, 0.15) is 5.65 Å². The van der Waals surface area contributed by atoms with Gasteiger partial charge in [0.2, 0.25) is 0 Å². The van der Waals surface area contributed by atoms with Crippen molar-refractivity contribution >= 4 is 16.9 Å². The van der Waals surface area contributed by atoms with Gasteiger partial charge < -0.3 is 14.6 Å². The third-order valence-corrected chi connectivity index (χ3v) is 2.57. The summed E-state index contributed by atoms with van der Waals surface area (Å²) in [5.41, 5.74) is 1.45. The number of pyridine rings is 1. The van der Waals surface area contributed by atoms with Crippen molar-refractivity contribution in [3.05, 3.63) is 30.1 Å². The van der Waals surface area contributed by atoms with Crippen LogP contribution in [0.25, 0.3) is 11.0 Å². The lowest BCUT2D eigenvalue weighted by Crippen LogP contribution is -2.26. The van der Waals surface area contributed by atoms with Crippen LogP contribution in [0.1, 0.15) is 10.4 Å². The molecule has 2 aromatic heterocycles. The Balaban J connectivity index is 2.26. The Morgan fingerprint density at radius 2 is 2.41 bits per heavy atom. The van der Waals surface area contributed by atoms with Crippen LogP contribution in [-0.2, 0) is 11.8 Å². The average molecular weight is 233 g/mol. The van der Waals surface area contributed by atoms with Crippen LogP contribution >= 0.6 is 0 Å². The van der Waals surface area contributed by atoms with Crippen LogP contribution in [0, 0.1) is 0 Å². The second-order valence-corrected chi connectivity index (χ2v) is 3.78. The van der Waals surface area contributed by atoms with E-state index < -0.39 is 0 Å². The number of methoxy groups -OCH3 is 1. The average Bonchev–Trinajstić information content (AvgIpc) is 2.68. The van der Waals surface area contributed by atoms with Crippen molar-refractivity contribution in [2.75, 3.05) is 20.3 Å². The lowest BCUT2D eigenvalue weighted by Gasteiger charge is -2.02. The molecule has 0 aliphatic rings. The van der Waals surface area contributed by atoms with Gasteiger partial charge in [0, 0.05) is 38.5 Å². The Bertz CT molecular complexity index is 534. The van der Waals surface area contributed by atoms with Gasteiger partial charge in [-0.1, -0.05) is 0 Å². The molecule has 1 N–H and O–H groups in total. The van der Waals surface area contributed by atoms with Gasteiger partial charge in [-0.15, -0.1) is 0 Å². The number of carbonyl (C=O) groups is 1. The minimum Gasteiger partial charge on any atom is -0.383 e. The number of nitrogens with zero attached hydrogens (tertiary/aromatic N) is 2. The van der Waals surface area contributed by atoms with Crippen LogP contribution in [0.15, 0.2) is 24.5 Å². The molecule has 5 nitrogen and oxygen atoms in total.